The van der Waals surface area contributed by atoms with Crippen LogP contribution < -0.4 is 10.6 Å². The maximum Gasteiger partial charge on any atom is 0.416 e. The predicted octanol–water partition coefficient (Wildman–Crippen LogP) is 3.75. The first-order chi connectivity index (χ1) is 13.8. The highest BCUT2D eigenvalue weighted by molar-refractivity contribution is 5.99. The summed E-state index contributed by atoms with van der Waals surface area (Å²) in [5, 5.41) is 4.92. The Labute approximate surface area is 165 Å². The molecule has 0 unspecified atom stereocenters. The van der Waals surface area contributed by atoms with Gasteiger partial charge in [-0.3, -0.25) is 4.79 Å². The first-order valence-corrected chi connectivity index (χ1v) is 9.01. The molecule has 6 nitrogen and oxygen atoms in total. The number of hydrogen-bond donors (Lipinski definition) is 2. The Morgan fingerprint density at radius 1 is 0.966 bits per heavy atom. The van der Waals surface area contributed by atoms with E-state index in [1.165, 1.54) is 12.1 Å². The standard InChI is InChI=1S/C20H20F3N3O3/c21-20(22,23)15-2-1-3-17(13-15)25-19(28)24-16-6-4-14(5-7-16)12-18(27)26-8-10-29-11-9-26/h1-7,13H,8-12H2,(H2,24,25,28). The summed E-state index contributed by atoms with van der Waals surface area (Å²) < 4.78 is 43.4. The van der Waals surface area contributed by atoms with Gasteiger partial charge in [0.25, 0.3) is 0 Å². The highest BCUT2D eigenvalue weighted by Crippen LogP contribution is 2.30. The summed E-state index contributed by atoms with van der Waals surface area (Å²) >= 11 is 0. The zero-order chi connectivity index (χ0) is 20.9. The minimum Gasteiger partial charge on any atom is -0.378 e. The Balaban J connectivity index is 1.54. The molecule has 1 aliphatic rings. The van der Waals surface area contributed by atoms with Crippen molar-refractivity contribution in [3.05, 3.63) is 59.7 Å². The van der Waals surface area contributed by atoms with Crippen molar-refractivity contribution in [2.75, 3.05) is 36.9 Å². The number of carbonyl (C=O) groups is 2. The van der Waals surface area contributed by atoms with Crippen LogP contribution in [0.2, 0.25) is 0 Å². The monoisotopic (exact) mass is 407 g/mol. The fourth-order valence-corrected chi connectivity index (χ4v) is 2.87. The third kappa shape index (κ3) is 5.95. The van der Waals surface area contributed by atoms with Gasteiger partial charge in [-0.15, -0.1) is 0 Å². The van der Waals surface area contributed by atoms with Gasteiger partial charge >= 0.3 is 12.2 Å². The number of amides is 3. The third-order valence-corrected chi connectivity index (χ3v) is 4.38. The number of anilines is 2. The third-order valence-electron chi connectivity index (χ3n) is 4.38. The van der Waals surface area contributed by atoms with Crippen molar-refractivity contribution < 1.29 is 27.5 Å². The quantitative estimate of drug-likeness (QED) is 0.811. The Hall–Kier alpha value is -3.07. The maximum absolute atomic E-state index is 12.7. The number of nitrogens with one attached hydrogen (secondary N) is 2. The molecular weight excluding hydrogens is 387 g/mol. The lowest BCUT2D eigenvalue weighted by Gasteiger charge is -2.26. The van der Waals surface area contributed by atoms with E-state index in [0.29, 0.717) is 32.0 Å². The molecule has 1 aliphatic heterocycles. The van der Waals surface area contributed by atoms with E-state index in [1.54, 1.807) is 29.2 Å². The molecule has 1 saturated heterocycles. The molecule has 0 saturated carbocycles. The van der Waals surface area contributed by atoms with Gasteiger partial charge in [-0.1, -0.05) is 18.2 Å². The van der Waals surface area contributed by atoms with Crippen LogP contribution in [0.5, 0.6) is 0 Å². The minimum absolute atomic E-state index is 0.0105. The highest BCUT2D eigenvalue weighted by Gasteiger charge is 2.30. The molecule has 0 bridgehead atoms. The fourth-order valence-electron chi connectivity index (χ4n) is 2.87. The van der Waals surface area contributed by atoms with Crippen molar-refractivity contribution in [2.45, 2.75) is 12.6 Å². The normalized spacial score (nSPS) is 14.4. The van der Waals surface area contributed by atoms with Gasteiger partial charge in [-0.05, 0) is 35.9 Å². The van der Waals surface area contributed by atoms with Gasteiger partial charge in [0.05, 0.1) is 25.2 Å². The van der Waals surface area contributed by atoms with Crippen molar-refractivity contribution in [1.29, 1.82) is 0 Å². The first-order valence-electron chi connectivity index (χ1n) is 9.01. The largest absolute Gasteiger partial charge is 0.416 e. The summed E-state index contributed by atoms with van der Waals surface area (Å²) in [6.45, 7) is 2.23. The lowest BCUT2D eigenvalue weighted by molar-refractivity contribution is -0.137. The fraction of sp³-hybridized carbons (Fsp3) is 0.300. The van der Waals surface area contributed by atoms with Crippen LogP contribution in [-0.2, 0) is 22.1 Å². The van der Waals surface area contributed by atoms with Crippen LogP contribution in [-0.4, -0.2) is 43.1 Å². The van der Waals surface area contributed by atoms with E-state index in [4.69, 9.17) is 4.74 Å². The van der Waals surface area contributed by atoms with E-state index < -0.39 is 17.8 Å². The summed E-state index contributed by atoms with van der Waals surface area (Å²) in [5.74, 6) is 0.0105. The molecule has 0 spiro atoms. The summed E-state index contributed by atoms with van der Waals surface area (Å²) in [6.07, 6.45) is -4.24. The summed E-state index contributed by atoms with van der Waals surface area (Å²) in [5.41, 5.74) is 0.442. The minimum atomic E-state index is -4.48. The molecule has 29 heavy (non-hydrogen) atoms. The topological polar surface area (TPSA) is 70.7 Å². The number of ether oxygens (including phenoxy) is 1. The van der Waals surface area contributed by atoms with E-state index in [-0.39, 0.29) is 18.0 Å². The van der Waals surface area contributed by atoms with E-state index in [0.717, 1.165) is 17.7 Å². The van der Waals surface area contributed by atoms with Crippen molar-refractivity contribution in [1.82, 2.24) is 4.90 Å². The second-order valence-electron chi connectivity index (χ2n) is 6.52. The summed E-state index contributed by atoms with van der Waals surface area (Å²) in [6, 6.07) is 10.4. The molecule has 0 atom stereocenters. The highest BCUT2D eigenvalue weighted by atomic mass is 19.4. The van der Waals surface area contributed by atoms with Crippen LogP contribution in [0, 0.1) is 0 Å². The van der Waals surface area contributed by atoms with Crippen molar-refractivity contribution in [2.24, 2.45) is 0 Å². The van der Waals surface area contributed by atoms with Gasteiger partial charge in [0, 0.05) is 24.5 Å². The van der Waals surface area contributed by atoms with Crippen LogP contribution in [0.4, 0.5) is 29.3 Å². The van der Waals surface area contributed by atoms with E-state index in [1.807, 2.05) is 0 Å². The molecule has 3 rings (SSSR count). The van der Waals surface area contributed by atoms with Crippen molar-refractivity contribution in [3.63, 3.8) is 0 Å². The van der Waals surface area contributed by atoms with Gasteiger partial charge in [-0.2, -0.15) is 13.2 Å². The predicted molar refractivity (Wildman–Crippen MR) is 102 cm³/mol. The molecular formula is C20H20F3N3O3. The number of benzene rings is 2. The molecule has 3 amide bonds. The molecule has 2 aromatic carbocycles. The second kappa shape index (κ2) is 8.95. The Morgan fingerprint density at radius 2 is 1.62 bits per heavy atom. The summed E-state index contributed by atoms with van der Waals surface area (Å²) in [4.78, 5) is 26.0. The van der Waals surface area contributed by atoms with Crippen molar-refractivity contribution in [3.8, 4) is 0 Å². The average Bonchev–Trinajstić information content (AvgIpc) is 2.69. The second-order valence-corrected chi connectivity index (χ2v) is 6.52. The van der Waals surface area contributed by atoms with E-state index in [2.05, 4.69) is 10.6 Å². The van der Waals surface area contributed by atoms with Gasteiger partial charge in [0.1, 0.15) is 0 Å². The average molecular weight is 407 g/mol. The zero-order valence-corrected chi connectivity index (χ0v) is 15.5. The molecule has 1 heterocycles. The van der Waals surface area contributed by atoms with Crippen LogP contribution in [0.3, 0.4) is 0 Å². The van der Waals surface area contributed by atoms with E-state index >= 15 is 0 Å². The van der Waals surface area contributed by atoms with Crippen LogP contribution in [0.15, 0.2) is 48.5 Å². The Bertz CT molecular complexity index is 863. The molecule has 0 aliphatic carbocycles. The van der Waals surface area contributed by atoms with E-state index in [9.17, 15) is 22.8 Å². The molecule has 154 valence electrons. The van der Waals surface area contributed by atoms with Crippen LogP contribution >= 0.6 is 0 Å². The van der Waals surface area contributed by atoms with Crippen LogP contribution in [0.1, 0.15) is 11.1 Å². The number of nitrogens with zero attached hydrogens (tertiary/aromatic N) is 1. The number of carbonyl (C=O) groups excluding carboxylic acids is 2. The number of hydrogen-bond acceptors (Lipinski definition) is 3. The van der Waals surface area contributed by atoms with Gasteiger partial charge in [-0.25, -0.2) is 4.79 Å². The Morgan fingerprint density at radius 3 is 2.28 bits per heavy atom. The number of urea groups is 1. The SMILES string of the molecule is O=C(Nc1ccc(CC(=O)N2CCOCC2)cc1)Nc1cccc(C(F)(F)F)c1. The first kappa shape index (κ1) is 20.7. The number of morpholine rings is 1. The molecule has 0 radical (unpaired) electrons. The van der Waals surface area contributed by atoms with Gasteiger partial charge in [0.15, 0.2) is 0 Å². The molecule has 0 aromatic heterocycles. The maximum atomic E-state index is 12.7. The molecule has 2 N–H and O–H groups in total. The number of alkyl halides is 3. The lowest BCUT2D eigenvalue weighted by atomic mass is 10.1. The smallest absolute Gasteiger partial charge is 0.378 e. The van der Waals surface area contributed by atoms with Crippen LogP contribution in [0.25, 0.3) is 0 Å². The zero-order valence-electron chi connectivity index (χ0n) is 15.5. The number of halogens is 3. The molecule has 9 heteroatoms. The van der Waals surface area contributed by atoms with Crippen molar-refractivity contribution >= 4 is 23.3 Å². The number of rotatable bonds is 4. The molecule has 2 aromatic rings. The lowest BCUT2D eigenvalue weighted by Crippen LogP contribution is -2.41. The molecule has 1 fully saturated rings. The van der Waals surface area contributed by atoms with Gasteiger partial charge < -0.3 is 20.3 Å². The van der Waals surface area contributed by atoms with Gasteiger partial charge in [0.2, 0.25) is 5.91 Å². The summed E-state index contributed by atoms with van der Waals surface area (Å²) in [7, 11) is 0. The Kier molecular flexibility index (Phi) is 6.38.